The molecule has 1 nitrogen and oxygen atoms in total. The summed E-state index contributed by atoms with van der Waals surface area (Å²) in [6, 6.07) is 9.43. The fourth-order valence-electron chi connectivity index (χ4n) is 4.99. The third-order valence-corrected chi connectivity index (χ3v) is 8.85. The van der Waals surface area contributed by atoms with Crippen molar-refractivity contribution in [2.45, 2.75) is 104 Å². The molecular weight excluding hydrogens is 395 g/mol. The van der Waals surface area contributed by atoms with Gasteiger partial charge in [-0.1, -0.05) is 87.6 Å². The third kappa shape index (κ3) is 5.36. The lowest BCUT2D eigenvalue weighted by Gasteiger charge is -2.29. The summed E-state index contributed by atoms with van der Waals surface area (Å²) in [5.74, 6) is 2.53. The summed E-state index contributed by atoms with van der Waals surface area (Å²) < 4.78 is 6.04. The third-order valence-electron chi connectivity index (χ3n) is 6.93. The van der Waals surface area contributed by atoms with E-state index in [0.29, 0.717) is 17.8 Å². The Balaban J connectivity index is 2.31. The summed E-state index contributed by atoms with van der Waals surface area (Å²) >= 11 is 0. The molecule has 2 aromatic rings. The van der Waals surface area contributed by atoms with Crippen molar-refractivity contribution in [1.82, 2.24) is 0 Å². The number of aryl methyl sites for hydroxylation is 1. The maximum Gasteiger partial charge on any atom is 0.127 e. The quantitative estimate of drug-likeness (QED) is 0.393. The molecule has 0 bridgehead atoms. The fraction of sp³-hybridized carbons (Fsp3) is 0.586. The topological polar surface area (TPSA) is 9.23 Å². The molecule has 0 radical (unpaired) electrons. The smallest absolute Gasteiger partial charge is 0.127 e. The van der Waals surface area contributed by atoms with Crippen LogP contribution in [-0.2, 0) is 0 Å². The minimum Gasteiger partial charge on any atom is -0.496 e. The molecule has 31 heavy (non-hydrogen) atoms. The lowest BCUT2D eigenvalue weighted by Crippen LogP contribution is -2.17. The van der Waals surface area contributed by atoms with Crippen LogP contribution in [-0.4, -0.2) is 12.8 Å². The zero-order valence-corrected chi connectivity index (χ0v) is 22.1. The second-order valence-electron chi connectivity index (χ2n) is 10.4. The van der Waals surface area contributed by atoms with Crippen LogP contribution in [0.2, 0.25) is 0 Å². The van der Waals surface area contributed by atoms with E-state index in [4.69, 9.17) is 4.74 Å². The predicted octanol–water partition coefficient (Wildman–Crippen LogP) is 8.68. The molecule has 0 heterocycles. The molecule has 1 unspecified atom stereocenters. The summed E-state index contributed by atoms with van der Waals surface area (Å²) in [6.45, 7) is 16.3. The Morgan fingerprint density at radius 3 is 1.87 bits per heavy atom. The SMILES string of the molecule is COc1ccc(C)c(PC2CCCCC2)c1-c1c(C(C)C)cc(C(C)C)cc1C(C)C. The maximum absolute atomic E-state index is 6.04. The van der Waals surface area contributed by atoms with Crippen molar-refractivity contribution in [2.75, 3.05) is 7.11 Å². The van der Waals surface area contributed by atoms with Crippen molar-refractivity contribution in [3.05, 3.63) is 46.5 Å². The van der Waals surface area contributed by atoms with Gasteiger partial charge in [0.05, 0.1) is 7.11 Å². The van der Waals surface area contributed by atoms with Gasteiger partial charge >= 0.3 is 0 Å². The monoisotopic (exact) mass is 438 g/mol. The van der Waals surface area contributed by atoms with E-state index in [-0.39, 0.29) is 0 Å². The van der Waals surface area contributed by atoms with E-state index >= 15 is 0 Å². The summed E-state index contributed by atoms with van der Waals surface area (Å²) in [6.07, 6.45) is 6.97. The molecule has 0 aliphatic heterocycles. The van der Waals surface area contributed by atoms with E-state index in [0.717, 1.165) is 20.0 Å². The second kappa shape index (κ2) is 10.5. The lowest BCUT2D eigenvalue weighted by atomic mass is 9.81. The van der Waals surface area contributed by atoms with Crippen molar-refractivity contribution in [3.63, 3.8) is 0 Å². The largest absolute Gasteiger partial charge is 0.496 e. The van der Waals surface area contributed by atoms with E-state index in [1.165, 1.54) is 65.5 Å². The zero-order valence-electron chi connectivity index (χ0n) is 21.1. The molecule has 1 atom stereocenters. The highest BCUT2D eigenvalue weighted by molar-refractivity contribution is 7.48. The van der Waals surface area contributed by atoms with Gasteiger partial charge in [-0.15, -0.1) is 0 Å². The van der Waals surface area contributed by atoms with Crippen LogP contribution < -0.4 is 10.0 Å². The van der Waals surface area contributed by atoms with Crippen LogP contribution >= 0.6 is 8.58 Å². The average molecular weight is 439 g/mol. The molecule has 2 heteroatoms. The van der Waals surface area contributed by atoms with Crippen LogP contribution in [0.4, 0.5) is 0 Å². The van der Waals surface area contributed by atoms with E-state index in [9.17, 15) is 0 Å². The number of benzene rings is 2. The van der Waals surface area contributed by atoms with Gasteiger partial charge in [0.15, 0.2) is 0 Å². The van der Waals surface area contributed by atoms with Crippen molar-refractivity contribution in [3.8, 4) is 16.9 Å². The molecule has 170 valence electrons. The Morgan fingerprint density at radius 2 is 1.39 bits per heavy atom. The van der Waals surface area contributed by atoms with Crippen molar-refractivity contribution in [2.24, 2.45) is 0 Å². The average Bonchev–Trinajstić information content (AvgIpc) is 2.74. The van der Waals surface area contributed by atoms with E-state index in [2.05, 4.69) is 72.7 Å². The first kappa shape index (κ1) is 24.3. The van der Waals surface area contributed by atoms with Crippen LogP contribution in [0.25, 0.3) is 11.1 Å². The molecule has 0 N–H and O–H groups in total. The summed E-state index contributed by atoms with van der Waals surface area (Å²) in [4.78, 5) is 0. The standard InChI is InChI=1S/C29H43OP/c1-18(2)22-16-24(19(3)4)27(25(17-22)20(5)6)28-26(30-8)15-14-21(7)29(28)31-23-12-10-9-11-13-23/h14-20,23,31H,9-13H2,1-8H3. The normalized spacial score (nSPS) is 15.7. The Bertz CT molecular complexity index is 859. The first-order valence-corrected chi connectivity index (χ1v) is 13.4. The highest BCUT2D eigenvalue weighted by Gasteiger charge is 2.26. The first-order valence-electron chi connectivity index (χ1n) is 12.4. The molecule has 1 aliphatic carbocycles. The van der Waals surface area contributed by atoms with Gasteiger partial charge in [0.2, 0.25) is 0 Å². The van der Waals surface area contributed by atoms with Gasteiger partial charge in [0, 0.05) is 5.56 Å². The van der Waals surface area contributed by atoms with Gasteiger partial charge in [-0.2, -0.15) is 0 Å². The Hall–Kier alpha value is -1.33. The van der Waals surface area contributed by atoms with Crippen LogP contribution in [0, 0.1) is 6.92 Å². The number of hydrogen-bond acceptors (Lipinski definition) is 1. The van der Waals surface area contributed by atoms with Gasteiger partial charge in [0.25, 0.3) is 0 Å². The molecule has 1 fully saturated rings. The van der Waals surface area contributed by atoms with Crippen LogP contribution in [0.3, 0.4) is 0 Å². The van der Waals surface area contributed by atoms with Gasteiger partial charge < -0.3 is 4.74 Å². The van der Waals surface area contributed by atoms with E-state index < -0.39 is 0 Å². The molecule has 0 saturated heterocycles. The van der Waals surface area contributed by atoms with Gasteiger partial charge in [-0.3, -0.25) is 0 Å². The number of ether oxygens (including phenoxy) is 1. The number of hydrogen-bond donors (Lipinski definition) is 0. The summed E-state index contributed by atoms with van der Waals surface area (Å²) in [5, 5.41) is 1.55. The first-order chi connectivity index (χ1) is 14.7. The molecule has 0 spiro atoms. The van der Waals surface area contributed by atoms with Gasteiger partial charge in [0.1, 0.15) is 5.75 Å². The molecule has 1 aliphatic rings. The van der Waals surface area contributed by atoms with Crippen LogP contribution in [0.1, 0.15) is 114 Å². The molecular formula is C29H43OP. The molecule has 3 rings (SSSR count). The van der Waals surface area contributed by atoms with Crippen molar-refractivity contribution in [1.29, 1.82) is 0 Å². The second-order valence-corrected chi connectivity index (χ2v) is 12.0. The van der Waals surface area contributed by atoms with Crippen molar-refractivity contribution < 1.29 is 4.74 Å². The summed E-state index contributed by atoms with van der Waals surface area (Å²) in [7, 11) is 2.71. The van der Waals surface area contributed by atoms with Gasteiger partial charge in [-0.25, -0.2) is 0 Å². The number of methoxy groups -OCH3 is 1. The highest BCUT2D eigenvalue weighted by atomic mass is 31.1. The molecule has 0 amide bonds. The minimum absolute atomic E-state index is 0.474. The highest BCUT2D eigenvalue weighted by Crippen LogP contribution is 2.45. The zero-order chi connectivity index (χ0) is 22.7. The predicted molar refractivity (Wildman–Crippen MR) is 140 cm³/mol. The molecule has 2 aromatic carbocycles. The Kier molecular flexibility index (Phi) is 8.25. The minimum atomic E-state index is 0.474. The van der Waals surface area contributed by atoms with Crippen molar-refractivity contribution >= 4 is 13.9 Å². The fourth-order valence-corrected chi connectivity index (χ4v) is 6.80. The Morgan fingerprint density at radius 1 is 0.806 bits per heavy atom. The van der Waals surface area contributed by atoms with E-state index in [1.807, 2.05) is 7.11 Å². The number of rotatable bonds is 7. The Labute approximate surface area is 193 Å². The summed E-state index contributed by atoms with van der Waals surface area (Å²) in [5.41, 5.74) is 9.51. The lowest BCUT2D eigenvalue weighted by molar-refractivity contribution is 0.416. The van der Waals surface area contributed by atoms with Crippen LogP contribution in [0.15, 0.2) is 24.3 Å². The molecule has 1 saturated carbocycles. The van der Waals surface area contributed by atoms with Crippen LogP contribution in [0.5, 0.6) is 5.75 Å². The molecule has 0 aromatic heterocycles. The maximum atomic E-state index is 6.04. The van der Waals surface area contributed by atoms with E-state index in [1.54, 1.807) is 5.30 Å². The van der Waals surface area contributed by atoms with Gasteiger partial charge in [-0.05, 0) is 82.4 Å².